The summed E-state index contributed by atoms with van der Waals surface area (Å²) in [5.74, 6) is 1.46. The summed E-state index contributed by atoms with van der Waals surface area (Å²) in [5, 5.41) is 23.3. The molecule has 116 valence electrons. The molecule has 2 aliphatic rings. The molecule has 0 amide bonds. The molecule has 0 spiro atoms. The van der Waals surface area contributed by atoms with Crippen LogP contribution in [0.15, 0.2) is 30.3 Å². The number of fused-ring (bicyclic) bond motifs is 1. The minimum absolute atomic E-state index is 0.244. The Labute approximate surface area is 133 Å². The third-order valence-corrected chi connectivity index (χ3v) is 4.98. The zero-order valence-electron chi connectivity index (χ0n) is 12.7. The molecule has 23 heavy (non-hydrogen) atoms. The van der Waals surface area contributed by atoms with Crippen molar-refractivity contribution in [3.8, 4) is 17.0 Å². The molecule has 1 aliphatic carbocycles. The number of hydrogen-bond donors (Lipinski definition) is 3. The van der Waals surface area contributed by atoms with Crippen molar-refractivity contribution in [2.75, 3.05) is 13.1 Å². The predicted molar refractivity (Wildman–Crippen MR) is 88.6 cm³/mol. The maximum Gasteiger partial charge on any atom is 0.160 e. The van der Waals surface area contributed by atoms with Crippen LogP contribution in [0.1, 0.15) is 35.9 Å². The van der Waals surface area contributed by atoms with Gasteiger partial charge in [-0.25, -0.2) is 0 Å². The number of benzene rings is 1. The Morgan fingerprint density at radius 2 is 1.87 bits per heavy atom. The van der Waals surface area contributed by atoms with Gasteiger partial charge in [-0.1, -0.05) is 12.1 Å². The van der Waals surface area contributed by atoms with Crippen LogP contribution in [0.4, 0.5) is 0 Å². The number of H-pyrrole nitrogens is 1. The topological polar surface area (TPSA) is 73.8 Å². The van der Waals surface area contributed by atoms with Crippen molar-refractivity contribution >= 4 is 11.0 Å². The summed E-state index contributed by atoms with van der Waals surface area (Å²) < 4.78 is 0. The van der Waals surface area contributed by atoms with Crippen LogP contribution in [0.5, 0.6) is 5.75 Å². The van der Waals surface area contributed by atoms with Crippen molar-refractivity contribution in [1.82, 2.24) is 20.5 Å². The predicted octanol–water partition coefficient (Wildman–Crippen LogP) is 2.89. The van der Waals surface area contributed by atoms with Crippen LogP contribution in [-0.2, 0) is 0 Å². The molecule has 3 heterocycles. The van der Waals surface area contributed by atoms with Crippen molar-refractivity contribution in [3.63, 3.8) is 0 Å². The Bertz CT molecular complexity index is 893. The Balaban J connectivity index is 1.70. The van der Waals surface area contributed by atoms with E-state index in [2.05, 4.69) is 26.6 Å². The maximum atomic E-state index is 10.1. The number of phenolic OH excluding ortho intramolecular Hbond substituents is 1. The molecule has 3 aromatic rings. The Morgan fingerprint density at radius 3 is 2.57 bits per heavy atom. The lowest BCUT2D eigenvalue weighted by Gasteiger charge is -2.27. The Morgan fingerprint density at radius 1 is 1.04 bits per heavy atom. The molecule has 2 aromatic heterocycles. The van der Waals surface area contributed by atoms with Gasteiger partial charge in [0.05, 0.1) is 5.69 Å². The Kier molecular flexibility index (Phi) is 2.73. The first-order chi connectivity index (χ1) is 11.3. The van der Waals surface area contributed by atoms with Gasteiger partial charge in [-0.3, -0.25) is 0 Å². The van der Waals surface area contributed by atoms with Crippen molar-refractivity contribution in [1.29, 1.82) is 0 Å². The molecule has 1 saturated carbocycles. The van der Waals surface area contributed by atoms with Gasteiger partial charge in [-0.15, -0.1) is 10.2 Å². The number of hydrogen-bond acceptors (Lipinski definition) is 4. The SMILES string of the molecule is Oc1ccccc1-c1cc2c(C3CC3)c(C3CNC3)[nH]c2nn1. The first-order valence-corrected chi connectivity index (χ1v) is 8.19. The molecule has 0 radical (unpaired) electrons. The van der Waals surface area contributed by atoms with Gasteiger partial charge in [0.25, 0.3) is 0 Å². The molecule has 1 saturated heterocycles. The van der Waals surface area contributed by atoms with Crippen LogP contribution in [0, 0.1) is 0 Å². The molecular weight excluding hydrogens is 288 g/mol. The van der Waals surface area contributed by atoms with Gasteiger partial charge in [0.15, 0.2) is 5.65 Å². The molecule has 5 rings (SSSR count). The highest BCUT2D eigenvalue weighted by Gasteiger charge is 2.34. The first-order valence-electron chi connectivity index (χ1n) is 8.19. The number of rotatable bonds is 3. The number of aromatic amines is 1. The van der Waals surface area contributed by atoms with Gasteiger partial charge >= 0.3 is 0 Å². The molecule has 0 bridgehead atoms. The van der Waals surface area contributed by atoms with Gasteiger partial charge < -0.3 is 15.4 Å². The number of nitrogens with zero attached hydrogens (tertiary/aromatic N) is 2. The fourth-order valence-electron chi connectivity index (χ4n) is 3.48. The van der Waals surface area contributed by atoms with E-state index < -0.39 is 0 Å². The second kappa shape index (κ2) is 4.80. The molecule has 5 heteroatoms. The van der Waals surface area contributed by atoms with Crippen LogP contribution >= 0.6 is 0 Å². The average molecular weight is 306 g/mol. The minimum Gasteiger partial charge on any atom is -0.507 e. The fraction of sp³-hybridized carbons (Fsp3) is 0.333. The summed E-state index contributed by atoms with van der Waals surface area (Å²) in [6, 6.07) is 9.37. The minimum atomic E-state index is 0.244. The first kappa shape index (κ1) is 13.1. The summed E-state index contributed by atoms with van der Waals surface area (Å²) in [7, 11) is 0. The summed E-state index contributed by atoms with van der Waals surface area (Å²) in [6.45, 7) is 2.07. The lowest BCUT2D eigenvalue weighted by molar-refractivity contribution is 0.439. The summed E-state index contributed by atoms with van der Waals surface area (Å²) in [6.07, 6.45) is 2.52. The molecule has 5 nitrogen and oxygen atoms in total. The lowest BCUT2D eigenvalue weighted by atomic mass is 9.93. The third-order valence-electron chi connectivity index (χ3n) is 4.98. The van der Waals surface area contributed by atoms with E-state index in [-0.39, 0.29) is 5.75 Å². The summed E-state index contributed by atoms with van der Waals surface area (Å²) >= 11 is 0. The number of para-hydroxylation sites is 1. The molecule has 2 fully saturated rings. The van der Waals surface area contributed by atoms with E-state index >= 15 is 0 Å². The van der Waals surface area contributed by atoms with Crippen molar-refractivity contribution in [2.45, 2.75) is 24.7 Å². The van der Waals surface area contributed by atoms with Crippen LogP contribution in [0.25, 0.3) is 22.3 Å². The number of nitrogens with one attached hydrogen (secondary N) is 2. The van der Waals surface area contributed by atoms with Gasteiger partial charge in [0, 0.05) is 35.7 Å². The molecule has 3 N–H and O–H groups in total. The largest absolute Gasteiger partial charge is 0.507 e. The number of aromatic hydroxyl groups is 1. The number of aromatic nitrogens is 3. The standard InChI is InChI=1S/C18H18N4O/c23-15-4-2-1-3-12(15)14-7-13-16(10-5-6-10)17(11-8-19-9-11)20-18(13)22-21-14/h1-4,7,10-11,19,23H,5-6,8-9H2,(H,20,22). The van der Waals surface area contributed by atoms with E-state index in [1.165, 1.54) is 29.5 Å². The van der Waals surface area contributed by atoms with Crippen LogP contribution in [0.2, 0.25) is 0 Å². The lowest BCUT2D eigenvalue weighted by Crippen LogP contribution is -2.40. The van der Waals surface area contributed by atoms with E-state index in [4.69, 9.17) is 0 Å². The van der Waals surface area contributed by atoms with E-state index in [1.54, 1.807) is 6.07 Å². The molecule has 1 aromatic carbocycles. The van der Waals surface area contributed by atoms with Crippen molar-refractivity contribution in [3.05, 3.63) is 41.6 Å². The van der Waals surface area contributed by atoms with Crippen LogP contribution < -0.4 is 5.32 Å². The zero-order chi connectivity index (χ0) is 15.4. The quantitative estimate of drug-likeness (QED) is 0.695. The molecule has 1 aliphatic heterocycles. The van der Waals surface area contributed by atoms with E-state index in [0.29, 0.717) is 11.8 Å². The van der Waals surface area contributed by atoms with Crippen LogP contribution in [-0.4, -0.2) is 33.4 Å². The monoisotopic (exact) mass is 306 g/mol. The second-order valence-electron chi connectivity index (χ2n) is 6.59. The molecular formula is C18H18N4O. The summed E-state index contributed by atoms with van der Waals surface area (Å²) in [5.41, 5.74) is 5.10. The Hall–Kier alpha value is -2.40. The maximum absolute atomic E-state index is 10.1. The van der Waals surface area contributed by atoms with Gasteiger partial charge in [-0.2, -0.15) is 0 Å². The van der Waals surface area contributed by atoms with Crippen molar-refractivity contribution in [2.24, 2.45) is 0 Å². The highest BCUT2D eigenvalue weighted by molar-refractivity contribution is 5.86. The van der Waals surface area contributed by atoms with E-state index in [9.17, 15) is 5.11 Å². The van der Waals surface area contributed by atoms with Crippen molar-refractivity contribution < 1.29 is 5.11 Å². The highest BCUT2D eigenvalue weighted by atomic mass is 16.3. The van der Waals surface area contributed by atoms with E-state index in [0.717, 1.165) is 30.0 Å². The zero-order valence-corrected chi connectivity index (χ0v) is 12.7. The van der Waals surface area contributed by atoms with Gasteiger partial charge in [-0.05, 0) is 42.5 Å². The summed E-state index contributed by atoms with van der Waals surface area (Å²) in [4.78, 5) is 3.50. The average Bonchev–Trinajstić information content (AvgIpc) is 3.27. The van der Waals surface area contributed by atoms with Gasteiger partial charge in [0.2, 0.25) is 0 Å². The fourth-order valence-corrected chi connectivity index (χ4v) is 3.48. The van der Waals surface area contributed by atoms with E-state index in [1.807, 2.05) is 18.2 Å². The second-order valence-corrected chi connectivity index (χ2v) is 6.59. The third kappa shape index (κ3) is 2.04. The smallest absolute Gasteiger partial charge is 0.160 e. The molecule has 0 unspecified atom stereocenters. The van der Waals surface area contributed by atoms with Crippen LogP contribution in [0.3, 0.4) is 0 Å². The number of phenols is 1. The van der Waals surface area contributed by atoms with Gasteiger partial charge in [0.1, 0.15) is 5.75 Å². The normalized spacial score (nSPS) is 18.3. The molecule has 0 atom stereocenters. The highest BCUT2D eigenvalue weighted by Crippen LogP contribution is 2.47.